The summed E-state index contributed by atoms with van der Waals surface area (Å²) in [6, 6.07) is 6.28. The van der Waals surface area contributed by atoms with Crippen LogP contribution in [0, 0.1) is 0 Å². The molecule has 1 N–H and O–H groups in total. The van der Waals surface area contributed by atoms with Gasteiger partial charge in [-0.2, -0.15) is 0 Å². The van der Waals surface area contributed by atoms with Gasteiger partial charge in [-0.15, -0.1) is 0 Å². The van der Waals surface area contributed by atoms with Crippen molar-refractivity contribution in [3.8, 4) is 0 Å². The van der Waals surface area contributed by atoms with Gasteiger partial charge in [0.05, 0.1) is 6.61 Å². The van der Waals surface area contributed by atoms with Gasteiger partial charge in [-0.25, -0.2) is 0 Å². The number of allylic oxidation sites excluding steroid dienone is 2. The highest BCUT2D eigenvalue weighted by Crippen LogP contribution is 2.34. The fourth-order valence-electron chi connectivity index (χ4n) is 2.46. The highest BCUT2D eigenvalue weighted by atomic mass is 16.3. The Kier molecular flexibility index (Phi) is 2.92. The molecule has 1 heteroatoms. The predicted octanol–water partition coefficient (Wildman–Crippen LogP) is 3.31. The highest BCUT2D eigenvalue weighted by molar-refractivity contribution is 5.72. The Hall–Kier alpha value is -1.08. The Morgan fingerprint density at radius 3 is 2.73 bits per heavy atom. The van der Waals surface area contributed by atoms with Crippen molar-refractivity contribution in [3.05, 3.63) is 40.5 Å². The third-order valence-electron chi connectivity index (χ3n) is 3.23. The van der Waals surface area contributed by atoms with Crippen LogP contribution < -0.4 is 0 Å². The topological polar surface area (TPSA) is 20.2 Å². The lowest BCUT2D eigenvalue weighted by molar-refractivity contribution is 0.280. The fourth-order valence-corrected chi connectivity index (χ4v) is 2.46. The molecule has 0 atom stereocenters. The Morgan fingerprint density at radius 1 is 1.27 bits per heavy atom. The molecule has 0 heterocycles. The van der Waals surface area contributed by atoms with Gasteiger partial charge >= 0.3 is 0 Å². The second kappa shape index (κ2) is 4.19. The van der Waals surface area contributed by atoms with Gasteiger partial charge in [0.15, 0.2) is 0 Å². The van der Waals surface area contributed by atoms with E-state index in [1.807, 2.05) is 6.07 Å². The van der Waals surface area contributed by atoms with Crippen molar-refractivity contribution in [1.82, 2.24) is 0 Å². The van der Waals surface area contributed by atoms with Gasteiger partial charge in [0.1, 0.15) is 0 Å². The van der Waals surface area contributed by atoms with Crippen LogP contribution in [0.1, 0.15) is 43.4 Å². The number of benzene rings is 1. The standard InChI is InChI=1S/C14H18O/c1-10(2)12-6-4-7-13-11(9-15)5-3-8-14(12)13/h3,5,8,15H,4,6-7,9H2,1-2H3. The Labute approximate surface area is 91.4 Å². The zero-order valence-corrected chi connectivity index (χ0v) is 9.51. The average molecular weight is 202 g/mol. The molecule has 0 amide bonds. The molecule has 0 fully saturated rings. The van der Waals surface area contributed by atoms with Crippen molar-refractivity contribution in [3.63, 3.8) is 0 Å². The summed E-state index contributed by atoms with van der Waals surface area (Å²) in [5.74, 6) is 0. The van der Waals surface area contributed by atoms with E-state index in [0.717, 1.165) is 12.0 Å². The monoisotopic (exact) mass is 202 g/mol. The summed E-state index contributed by atoms with van der Waals surface area (Å²) < 4.78 is 0. The summed E-state index contributed by atoms with van der Waals surface area (Å²) in [7, 11) is 0. The molecule has 0 unspecified atom stereocenters. The summed E-state index contributed by atoms with van der Waals surface area (Å²) in [6.07, 6.45) is 3.51. The van der Waals surface area contributed by atoms with Gasteiger partial charge in [-0.05, 0) is 55.4 Å². The van der Waals surface area contributed by atoms with Gasteiger partial charge in [-0.1, -0.05) is 23.8 Å². The number of rotatable bonds is 1. The molecule has 15 heavy (non-hydrogen) atoms. The van der Waals surface area contributed by atoms with E-state index in [0.29, 0.717) is 0 Å². The Balaban J connectivity index is 2.59. The molecule has 0 radical (unpaired) electrons. The third kappa shape index (κ3) is 1.84. The van der Waals surface area contributed by atoms with Crippen LogP contribution in [0.25, 0.3) is 5.57 Å². The van der Waals surface area contributed by atoms with Gasteiger partial charge in [-0.3, -0.25) is 0 Å². The van der Waals surface area contributed by atoms with E-state index < -0.39 is 0 Å². The molecule has 1 aliphatic rings. The van der Waals surface area contributed by atoms with Crippen molar-refractivity contribution < 1.29 is 5.11 Å². The predicted molar refractivity (Wildman–Crippen MR) is 63.6 cm³/mol. The van der Waals surface area contributed by atoms with Crippen LogP contribution in [0.15, 0.2) is 23.8 Å². The van der Waals surface area contributed by atoms with E-state index in [9.17, 15) is 5.11 Å². The normalized spacial score (nSPS) is 15.0. The van der Waals surface area contributed by atoms with E-state index in [4.69, 9.17) is 0 Å². The molecule has 2 rings (SSSR count). The first-order valence-electron chi connectivity index (χ1n) is 5.62. The van der Waals surface area contributed by atoms with Crippen molar-refractivity contribution in [2.45, 2.75) is 39.7 Å². The van der Waals surface area contributed by atoms with Gasteiger partial charge < -0.3 is 5.11 Å². The lowest BCUT2D eigenvalue weighted by atomic mass is 9.83. The number of fused-ring (bicyclic) bond motifs is 1. The van der Waals surface area contributed by atoms with Crippen LogP contribution in [-0.4, -0.2) is 5.11 Å². The highest BCUT2D eigenvalue weighted by Gasteiger charge is 2.16. The minimum Gasteiger partial charge on any atom is -0.392 e. The number of aliphatic hydroxyl groups excluding tert-OH is 1. The molecule has 1 aromatic carbocycles. The minimum absolute atomic E-state index is 0.166. The van der Waals surface area contributed by atoms with Crippen LogP contribution in [0.4, 0.5) is 0 Å². The van der Waals surface area contributed by atoms with Crippen LogP contribution in [-0.2, 0) is 13.0 Å². The molecule has 0 saturated carbocycles. The van der Waals surface area contributed by atoms with Crippen molar-refractivity contribution in [2.24, 2.45) is 0 Å². The molecule has 1 nitrogen and oxygen atoms in total. The van der Waals surface area contributed by atoms with Crippen molar-refractivity contribution in [2.75, 3.05) is 0 Å². The first-order chi connectivity index (χ1) is 7.24. The second-order valence-electron chi connectivity index (χ2n) is 4.43. The first kappa shape index (κ1) is 10.4. The van der Waals surface area contributed by atoms with Gasteiger partial charge in [0.25, 0.3) is 0 Å². The van der Waals surface area contributed by atoms with E-state index in [1.165, 1.54) is 35.1 Å². The van der Waals surface area contributed by atoms with E-state index in [2.05, 4.69) is 26.0 Å². The molecule has 0 spiro atoms. The van der Waals surface area contributed by atoms with Gasteiger partial charge in [0.2, 0.25) is 0 Å². The van der Waals surface area contributed by atoms with Crippen LogP contribution in [0.2, 0.25) is 0 Å². The number of aliphatic hydroxyl groups is 1. The number of hydrogen-bond donors (Lipinski definition) is 1. The van der Waals surface area contributed by atoms with Crippen molar-refractivity contribution >= 4 is 5.57 Å². The summed E-state index contributed by atoms with van der Waals surface area (Å²) in [6.45, 7) is 4.52. The van der Waals surface area contributed by atoms with E-state index >= 15 is 0 Å². The Bertz CT molecular complexity index is 398. The second-order valence-corrected chi connectivity index (χ2v) is 4.43. The zero-order chi connectivity index (χ0) is 10.8. The molecule has 80 valence electrons. The van der Waals surface area contributed by atoms with E-state index in [1.54, 1.807) is 0 Å². The Morgan fingerprint density at radius 2 is 2.07 bits per heavy atom. The smallest absolute Gasteiger partial charge is 0.0684 e. The quantitative estimate of drug-likeness (QED) is 0.740. The van der Waals surface area contributed by atoms with E-state index in [-0.39, 0.29) is 6.61 Å². The maximum atomic E-state index is 9.30. The van der Waals surface area contributed by atoms with Crippen LogP contribution in [0.3, 0.4) is 0 Å². The molecule has 0 saturated heterocycles. The minimum atomic E-state index is 0.166. The van der Waals surface area contributed by atoms with Gasteiger partial charge in [0, 0.05) is 0 Å². The molecule has 1 aromatic rings. The molecular formula is C14H18O. The molecular weight excluding hydrogens is 184 g/mol. The summed E-state index contributed by atoms with van der Waals surface area (Å²) in [5, 5.41) is 9.30. The maximum absolute atomic E-state index is 9.30. The number of hydrogen-bond acceptors (Lipinski definition) is 1. The molecule has 0 aliphatic heterocycles. The summed E-state index contributed by atoms with van der Waals surface area (Å²) in [4.78, 5) is 0. The third-order valence-corrected chi connectivity index (χ3v) is 3.23. The van der Waals surface area contributed by atoms with Crippen molar-refractivity contribution in [1.29, 1.82) is 0 Å². The van der Waals surface area contributed by atoms with Crippen LogP contribution in [0.5, 0.6) is 0 Å². The molecule has 1 aliphatic carbocycles. The lowest BCUT2D eigenvalue weighted by Crippen LogP contribution is -2.06. The summed E-state index contributed by atoms with van der Waals surface area (Å²) in [5.41, 5.74) is 6.72. The lowest BCUT2D eigenvalue weighted by Gasteiger charge is -2.22. The molecule has 0 aromatic heterocycles. The zero-order valence-electron chi connectivity index (χ0n) is 9.51. The van der Waals surface area contributed by atoms with Crippen LogP contribution >= 0.6 is 0 Å². The molecule has 0 bridgehead atoms. The fraction of sp³-hybridized carbons (Fsp3) is 0.429. The first-order valence-corrected chi connectivity index (χ1v) is 5.62. The summed E-state index contributed by atoms with van der Waals surface area (Å²) >= 11 is 0. The average Bonchev–Trinajstić information content (AvgIpc) is 2.27. The largest absolute Gasteiger partial charge is 0.392 e. The maximum Gasteiger partial charge on any atom is 0.0684 e. The SMILES string of the molecule is CC(C)=C1CCCc2c(CO)cccc21.